The van der Waals surface area contributed by atoms with Crippen molar-refractivity contribution in [2.24, 2.45) is 4.99 Å². The maximum absolute atomic E-state index is 12.6. The standard InChI is InChI=1S/C24H30N4O3/c1-15-10-16(2)23(17(3)11-15)26-22-13-19(28(14-27(22)5)24(29)25-4)18-8-9-20(30-6)21(12-18)31-7/h8-13H,14H2,1-7H3,(H,25,29)/b26-22-. The quantitative estimate of drug-likeness (QED) is 0.800. The first kappa shape index (κ1) is 22.2. The molecule has 0 aromatic heterocycles. The molecule has 164 valence electrons. The van der Waals surface area contributed by atoms with E-state index in [2.05, 4.69) is 38.2 Å². The van der Waals surface area contributed by atoms with Crippen LogP contribution in [0.1, 0.15) is 22.3 Å². The van der Waals surface area contributed by atoms with E-state index in [0.717, 1.165) is 33.9 Å². The number of carbonyl (C=O) groups excluding carboxylic acids is 1. The van der Waals surface area contributed by atoms with Gasteiger partial charge >= 0.3 is 6.03 Å². The Kier molecular flexibility index (Phi) is 6.53. The summed E-state index contributed by atoms with van der Waals surface area (Å²) in [5.41, 5.74) is 5.97. The second-order valence-electron chi connectivity index (χ2n) is 7.64. The summed E-state index contributed by atoms with van der Waals surface area (Å²) in [6.07, 6.45) is 1.93. The minimum absolute atomic E-state index is 0.199. The lowest BCUT2D eigenvalue weighted by Gasteiger charge is -2.35. The highest BCUT2D eigenvalue weighted by molar-refractivity contribution is 6.04. The van der Waals surface area contributed by atoms with Crippen molar-refractivity contribution in [1.82, 2.24) is 15.1 Å². The van der Waals surface area contributed by atoms with E-state index in [4.69, 9.17) is 14.5 Å². The van der Waals surface area contributed by atoms with Gasteiger partial charge in [0.1, 0.15) is 12.5 Å². The Labute approximate surface area is 184 Å². The summed E-state index contributed by atoms with van der Waals surface area (Å²) >= 11 is 0. The fourth-order valence-corrected chi connectivity index (χ4v) is 3.80. The third-order valence-electron chi connectivity index (χ3n) is 5.30. The number of aryl methyl sites for hydroxylation is 3. The van der Waals surface area contributed by atoms with E-state index >= 15 is 0 Å². The largest absolute Gasteiger partial charge is 0.493 e. The van der Waals surface area contributed by atoms with Gasteiger partial charge in [0.05, 0.1) is 25.6 Å². The number of nitrogens with zero attached hydrogens (tertiary/aromatic N) is 3. The van der Waals surface area contributed by atoms with Gasteiger partial charge in [0.25, 0.3) is 0 Å². The van der Waals surface area contributed by atoms with Gasteiger partial charge in [-0.05, 0) is 50.1 Å². The van der Waals surface area contributed by atoms with Crippen LogP contribution in [-0.4, -0.2) is 56.7 Å². The number of rotatable bonds is 4. The van der Waals surface area contributed by atoms with Crippen LogP contribution in [0, 0.1) is 20.8 Å². The maximum atomic E-state index is 12.6. The fraction of sp³-hybridized carbons (Fsp3) is 0.333. The molecule has 1 N–H and O–H groups in total. The molecule has 2 aromatic carbocycles. The number of aliphatic imine (C=N–C) groups is 1. The molecule has 2 aromatic rings. The number of carbonyl (C=O) groups is 1. The van der Waals surface area contributed by atoms with Crippen LogP contribution in [0.15, 0.2) is 41.4 Å². The maximum Gasteiger partial charge on any atom is 0.323 e. The van der Waals surface area contributed by atoms with Gasteiger partial charge in [0, 0.05) is 25.7 Å². The second kappa shape index (κ2) is 9.12. The Morgan fingerprint density at radius 3 is 2.26 bits per heavy atom. The number of likely N-dealkylation sites (N-methyl/N-ethyl adjacent to an activating group) is 1. The van der Waals surface area contributed by atoms with Crippen molar-refractivity contribution in [3.63, 3.8) is 0 Å². The zero-order valence-corrected chi connectivity index (χ0v) is 19.2. The third-order valence-corrected chi connectivity index (χ3v) is 5.30. The normalized spacial score (nSPS) is 15.1. The molecule has 0 aliphatic carbocycles. The molecule has 31 heavy (non-hydrogen) atoms. The Balaban J connectivity index is 2.16. The summed E-state index contributed by atoms with van der Waals surface area (Å²) in [5.74, 6) is 2.01. The van der Waals surface area contributed by atoms with Gasteiger partial charge in [0.2, 0.25) is 0 Å². The first-order valence-electron chi connectivity index (χ1n) is 10.1. The van der Waals surface area contributed by atoms with Gasteiger partial charge in [-0.25, -0.2) is 9.79 Å². The number of hydrogen-bond acceptors (Lipinski definition) is 4. The van der Waals surface area contributed by atoms with Gasteiger partial charge in [0.15, 0.2) is 11.5 Å². The Bertz CT molecular complexity index is 1040. The lowest BCUT2D eigenvalue weighted by atomic mass is 10.0. The van der Waals surface area contributed by atoms with Crippen molar-refractivity contribution < 1.29 is 14.3 Å². The molecule has 1 aliphatic rings. The molecule has 0 bridgehead atoms. The van der Waals surface area contributed by atoms with Crippen LogP contribution in [0.3, 0.4) is 0 Å². The summed E-state index contributed by atoms with van der Waals surface area (Å²) in [4.78, 5) is 21.2. The van der Waals surface area contributed by atoms with Crippen LogP contribution in [-0.2, 0) is 0 Å². The third kappa shape index (κ3) is 4.50. The molecule has 0 radical (unpaired) electrons. The molecule has 3 rings (SSSR count). The van der Waals surface area contributed by atoms with E-state index in [1.165, 1.54) is 5.56 Å². The van der Waals surface area contributed by atoms with Crippen LogP contribution >= 0.6 is 0 Å². The number of hydrogen-bond donors (Lipinski definition) is 1. The summed E-state index contributed by atoms with van der Waals surface area (Å²) in [6, 6.07) is 9.67. The molecule has 1 heterocycles. The molecule has 7 nitrogen and oxygen atoms in total. The highest BCUT2D eigenvalue weighted by Gasteiger charge is 2.27. The number of urea groups is 1. The van der Waals surface area contributed by atoms with Crippen LogP contribution in [0.4, 0.5) is 10.5 Å². The van der Waals surface area contributed by atoms with Crippen molar-refractivity contribution in [3.8, 4) is 11.5 Å². The molecule has 0 atom stereocenters. The number of ether oxygens (including phenoxy) is 2. The first-order chi connectivity index (χ1) is 14.8. The fourth-order valence-electron chi connectivity index (χ4n) is 3.80. The van der Waals surface area contributed by atoms with E-state index in [9.17, 15) is 4.79 Å². The SMILES string of the molecule is CNC(=O)N1CN(C)/C(=N\c2c(C)cc(C)cc2C)C=C1c1ccc(OC)c(OC)c1. The van der Waals surface area contributed by atoms with Crippen LogP contribution in [0.2, 0.25) is 0 Å². The highest BCUT2D eigenvalue weighted by Crippen LogP contribution is 2.34. The minimum Gasteiger partial charge on any atom is -0.493 e. The molecule has 0 saturated carbocycles. The summed E-state index contributed by atoms with van der Waals surface area (Å²) in [7, 11) is 6.74. The molecule has 0 saturated heterocycles. The van der Waals surface area contributed by atoms with Gasteiger partial charge in [-0.15, -0.1) is 0 Å². The van der Waals surface area contributed by atoms with E-state index < -0.39 is 0 Å². The molecule has 1 aliphatic heterocycles. The predicted octanol–water partition coefficient (Wildman–Crippen LogP) is 4.24. The highest BCUT2D eigenvalue weighted by atomic mass is 16.5. The number of amides is 2. The monoisotopic (exact) mass is 422 g/mol. The number of nitrogens with one attached hydrogen (secondary N) is 1. The van der Waals surface area contributed by atoms with E-state index in [1.54, 1.807) is 26.2 Å². The smallest absolute Gasteiger partial charge is 0.323 e. The van der Waals surface area contributed by atoms with Crippen molar-refractivity contribution in [1.29, 1.82) is 0 Å². The molecule has 0 fully saturated rings. The van der Waals surface area contributed by atoms with E-state index in [0.29, 0.717) is 18.2 Å². The molecule has 7 heteroatoms. The van der Waals surface area contributed by atoms with E-state index in [1.807, 2.05) is 36.2 Å². The summed E-state index contributed by atoms with van der Waals surface area (Å²) in [5, 5.41) is 2.72. The molecule has 0 unspecified atom stereocenters. The predicted molar refractivity (Wildman–Crippen MR) is 124 cm³/mol. The van der Waals surface area contributed by atoms with Crippen molar-refractivity contribution in [2.45, 2.75) is 20.8 Å². The molecular formula is C24H30N4O3. The topological polar surface area (TPSA) is 66.4 Å². The second-order valence-corrected chi connectivity index (χ2v) is 7.64. The first-order valence-corrected chi connectivity index (χ1v) is 10.1. The number of methoxy groups -OCH3 is 2. The van der Waals surface area contributed by atoms with Crippen LogP contribution in [0.5, 0.6) is 11.5 Å². The number of amidine groups is 1. The molecule has 0 spiro atoms. The summed E-state index contributed by atoms with van der Waals surface area (Å²) in [6.45, 7) is 6.58. The molecular weight excluding hydrogens is 392 g/mol. The van der Waals surface area contributed by atoms with Crippen molar-refractivity contribution >= 4 is 23.3 Å². The summed E-state index contributed by atoms with van der Waals surface area (Å²) < 4.78 is 10.8. The van der Waals surface area contributed by atoms with Crippen LogP contribution < -0.4 is 14.8 Å². The van der Waals surface area contributed by atoms with Crippen molar-refractivity contribution in [2.75, 3.05) is 35.0 Å². The van der Waals surface area contributed by atoms with Crippen LogP contribution in [0.25, 0.3) is 5.70 Å². The zero-order chi connectivity index (χ0) is 22.7. The van der Waals surface area contributed by atoms with E-state index in [-0.39, 0.29) is 6.03 Å². The molecule has 2 amide bonds. The lowest BCUT2D eigenvalue weighted by molar-refractivity contribution is 0.206. The Hall–Kier alpha value is -3.48. The van der Waals surface area contributed by atoms with Gasteiger partial charge in [-0.2, -0.15) is 0 Å². The average molecular weight is 423 g/mol. The van der Waals surface area contributed by atoms with Gasteiger partial charge in [-0.1, -0.05) is 17.7 Å². The Morgan fingerprint density at radius 1 is 1.03 bits per heavy atom. The van der Waals surface area contributed by atoms with Gasteiger partial charge < -0.3 is 19.7 Å². The number of benzene rings is 2. The lowest BCUT2D eigenvalue weighted by Crippen LogP contribution is -2.47. The average Bonchev–Trinajstić information content (AvgIpc) is 2.75. The van der Waals surface area contributed by atoms with Crippen molar-refractivity contribution in [3.05, 3.63) is 58.7 Å². The zero-order valence-electron chi connectivity index (χ0n) is 19.2. The Morgan fingerprint density at radius 2 is 1.68 bits per heavy atom. The minimum atomic E-state index is -0.199. The van der Waals surface area contributed by atoms with Gasteiger partial charge in [-0.3, -0.25) is 4.90 Å².